The molecule has 1 heterocycles. The van der Waals surface area contributed by atoms with E-state index in [0.717, 1.165) is 11.1 Å². The number of anilines is 1. The Labute approximate surface area is 86.6 Å². The molecule has 0 aliphatic rings. The second kappa shape index (κ2) is 3.64. The van der Waals surface area contributed by atoms with E-state index in [-0.39, 0.29) is 0 Å². The maximum absolute atomic E-state index is 6.03. The predicted molar refractivity (Wildman–Crippen MR) is 56.9 cm³/mol. The molecule has 2 aromatic rings. The topological polar surface area (TPSA) is 51.8 Å². The number of benzene rings is 1. The Morgan fingerprint density at radius 2 is 1.86 bits per heavy atom. The van der Waals surface area contributed by atoms with E-state index in [0.29, 0.717) is 10.7 Å². The lowest BCUT2D eigenvalue weighted by Gasteiger charge is -2.03. The molecule has 0 amide bonds. The molecule has 0 radical (unpaired) electrons. The van der Waals surface area contributed by atoms with Gasteiger partial charge in [-0.15, -0.1) is 0 Å². The van der Waals surface area contributed by atoms with Crippen molar-refractivity contribution in [3.63, 3.8) is 0 Å². The summed E-state index contributed by atoms with van der Waals surface area (Å²) in [6.07, 6.45) is 4.91. The predicted octanol–water partition coefficient (Wildman–Crippen LogP) is 2.38. The molecule has 4 heteroatoms. The van der Waals surface area contributed by atoms with E-state index in [1.807, 2.05) is 6.07 Å². The maximum Gasteiger partial charge on any atom is 0.115 e. The summed E-state index contributed by atoms with van der Waals surface area (Å²) in [4.78, 5) is 7.85. The Morgan fingerprint density at radius 3 is 2.50 bits per heavy atom. The van der Waals surface area contributed by atoms with E-state index in [1.165, 1.54) is 6.33 Å². The quantitative estimate of drug-likeness (QED) is 0.728. The molecule has 14 heavy (non-hydrogen) atoms. The molecule has 1 aromatic heterocycles. The van der Waals surface area contributed by atoms with Crippen molar-refractivity contribution in [2.75, 3.05) is 5.73 Å². The van der Waals surface area contributed by atoms with Crippen LogP contribution in [0.4, 0.5) is 5.69 Å². The Bertz CT molecular complexity index is 442. The lowest BCUT2D eigenvalue weighted by atomic mass is 10.1. The molecular weight excluding hydrogens is 198 g/mol. The molecule has 0 saturated carbocycles. The minimum Gasteiger partial charge on any atom is -0.399 e. The molecule has 0 fully saturated rings. The van der Waals surface area contributed by atoms with Crippen molar-refractivity contribution in [3.05, 3.63) is 41.9 Å². The molecule has 0 aliphatic carbocycles. The fourth-order valence-corrected chi connectivity index (χ4v) is 1.50. The Kier molecular flexibility index (Phi) is 2.33. The second-order valence-corrected chi connectivity index (χ2v) is 3.27. The zero-order valence-corrected chi connectivity index (χ0v) is 8.07. The summed E-state index contributed by atoms with van der Waals surface area (Å²) in [5.41, 5.74) is 8.02. The number of hydrogen-bond donors (Lipinski definition) is 1. The fraction of sp³-hybridized carbons (Fsp3) is 0. The van der Waals surface area contributed by atoms with Gasteiger partial charge in [-0.3, -0.25) is 0 Å². The van der Waals surface area contributed by atoms with Gasteiger partial charge in [-0.2, -0.15) is 0 Å². The number of aromatic nitrogens is 2. The number of halogens is 1. The summed E-state index contributed by atoms with van der Waals surface area (Å²) in [5.74, 6) is 0. The van der Waals surface area contributed by atoms with Gasteiger partial charge in [-0.25, -0.2) is 9.97 Å². The van der Waals surface area contributed by atoms with Crippen LogP contribution >= 0.6 is 11.6 Å². The highest BCUT2D eigenvalue weighted by molar-refractivity contribution is 6.33. The van der Waals surface area contributed by atoms with Gasteiger partial charge in [0, 0.05) is 29.2 Å². The van der Waals surface area contributed by atoms with Gasteiger partial charge in [-0.1, -0.05) is 17.7 Å². The highest BCUT2D eigenvalue weighted by Gasteiger charge is 2.03. The van der Waals surface area contributed by atoms with Crippen LogP contribution in [0.1, 0.15) is 0 Å². The van der Waals surface area contributed by atoms with Crippen LogP contribution in [0.15, 0.2) is 36.9 Å². The summed E-state index contributed by atoms with van der Waals surface area (Å²) in [6.45, 7) is 0. The third-order valence-corrected chi connectivity index (χ3v) is 2.18. The largest absolute Gasteiger partial charge is 0.399 e. The highest BCUT2D eigenvalue weighted by Crippen LogP contribution is 2.28. The zero-order valence-electron chi connectivity index (χ0n) is 7.31. The number of nitrogens with two attached hydrogens (primary N) is 1. The standard InChI is InChI=1S/C10H8ClN3/c11-10-3-8(12)1-2-9(10)7-4-13-6-14-5-7/h1-6H,12H2. The van der Waals surface area contributed by atoms with Crippen LogP contribution in [-0.2, 0) is 0 Å². The number of nitrogens with zero attached hydrogens (tertiary/aromatic N) is 2. The van der Waals surface area contributed by atoms with Gasteiger partial charge in [0.25, 0.3) is 0 Å². The molecule has 0 spiro atoms. The van der Waals surface area contributed by atoms with Crippen LogP contribution < -0.4 is 5.73 Å². The van der Waals surface area contributed by atoms with Crippen LogP contribution in [0.25, 0.3) is 11.1 Å². The Morgan fingerprint density at radius 1 is 1.14 bits per heavy atom. The molecule has 0 aliphatic heterocycles. The van der Waals surface area contributed by atoms with E-state index in [1.54, 1.807) is 24.5 Å². The number of nitrogen functional groups attached to an aromatic ring is 1. The van der Waals surface area contributed by atoms with Crippen LogP contribution in [-0.4, -0.2) is 9.97 Å². The van der Waals surface area contributed by atoms with Gasteiger partial charge < -0.3 is 5.73 Å². The highest BCUT2D eigenvalue weighted by atomic mass is 35.5. The minimum atomic E-state index is 0.611. The summed E-state index contributed by atoms with van der Waals surface area (Å²) in [5, 5.41) is 0.611. The first kappa shape index (κ1) is 8.97. The van der Waals surface area contributed by atoms with Crippen molar-refractivity contribution >= 4 is 17.3 Å². The maximum atomic E-state index is 6.03. The van der Waals surface area contributed by atoms with Crippen molar-refractivity contribution in [2.45, 2.75) is 0 Å². The first-order valence-corrected chi connectivity index (χ1v) is 4.45. The first-order valence-electron chi connectivity index (χ1n) is 4.08. The van der Waals surface area contributed by atoms with E-state index in [4.69, 9.17) is 17.3 Å². The summed E-state index contributed by atoms with van der Waals surface area (Å²) in [6, 6.07) is 5.37. The number of hydrogen-bond acceptors (Lipinski definition) is 3. The van der Waals surface area contributed by atoms with Crippen LogP contribution in [0.5, 0.6) is 0 Å². The molecule has 0 unspecified atom stereocenters. The zero-order chi connectivity index (χ0) is 9.97. The van der Waals surface area contributed by atoms with Crippen LogP contribution in [0.2, 0.25) is 5.02 Å². The average Bonchev–Trinajstić information content (AvgIpc) is 2.19. The minimum absolute atomic E-state index is 0.611. The SMILES string of the molecule is Nc1ccc(-c2cncnc2)c(Cl)c1. The molecular formula is C10H8ClN3. The van der Waals surface area contributed by atoms with Crippen molar-refractivity contribution in [1.82, 2.24) is 9.97 Å². The Hall–Kier alpha value is -1.61. The molecule has 3 nitrogen and oxygen atoms in total. The van der Waals surface area contributed by atoms with Crippen molar-refractivity contribution in [2.24, 2.45) is 0 Å². The molecule has 70 valence electrons. The summed E-state index contributed by atoms with van der Waals surface area (Å²) < 4.78 is 0. The fourth-order valence-electron chi connectivity index (χ4n) is 1.20. The van der Waals surface area contributed by atoms with E-state index in [2.05, 4.69) is 9.97 Å². The summed E-state index contributed by atoms with van der Waals surface area (Å²) in [7, 11) is 0. The van der Waals surface area contributed by atoms with Crippen molar-refractivity contribution in [3.8, 4) is 11.1 Å². The van der Waals surface area contributed by atoms with E-state index < -0.39 is 0 Å². The molecule has 2 N–H and O–H groups in total. The number of rotatable bonds is 1. The van der Waals surface area contributed by atoms with Crippen LogP contribution in [0.3, 0.4) is 0 Å². The average molecular weight is 206 g/mol. The van der Waals surface area contributed by atoms with Gasteiger partial charge >= 0.3 is 0 Å². The second-order valence-electron chi connectivity index (χ2n) is 2.87. The molecule has 0 bridgehead atoms. The third kappa shape index (κ3) is 1.67. The summed E-state index contributed by atoms with van der Waals surface area (Å²) >= 11 is 6.03. The van der Waals surface area contributed by atoms with Crippen molar-refractivity contribution in [1.29, 1.82) is 0 Å². The van der Waals surface area contributed by atoms with E-state index >= 15 is 0 Å². The van der Waals surface area contributed by atoms with Crippen molar-refractivity contribution < 1.29 is 0 Å². The van der Waals surface area contributed by atoms with E-state index in [9.17, 15) is 0 Å². The normalized spacial score (nSPS) is 10.1. The lowest BCUT2D eigenvalue weighted by molar-refractivity contribution is 1.17. The third-order valence-electron chi connectivity index (χ3n) is 1.86. The van der Waals surface area contributed by atoms with Gasteiger partial charge in [0.1, 0.15) is 6.33 Å². The molecule has 0 atom stereocenters. The molecule has 0 saturated heterocycles. The monoisotopic (exact) mass is 205 g/mol. The Balaban J connectivity index is 2.53. The van der Waals surface area contributed by atoms with Gasteiger partial charge in [0.15, 0.2) is 0 Å². The smallest absolute Gasteiger partial charge is 0.115 e. The first-order chi connectivity index (χ1) is 6.77. The molecule has 1 aromatic carbocycles. The van der Waals surface area contributed by atoms with Gasteiger partial charge in [-0.05, 0) is 12.1 Å². The van der Waals surface area contributed by atoms with Crippen LogP contribution in [0, 0.1) is 0 Å². The van der Waals surface area contributed by atoms with Gasteiger partial charge in [0.05, 0.1) is 5.02 Å². The molecule has 2 rings (SSSR count). The lowest BCUT2D eigenvalue weighted by Crippen LogP contribution is -1.87. The van der Waals surface area contributed by atoms with Gasteiger partial charge in [0.2, 0.25) is 0 Å².